The smallest absolute Gasteiger partial charge is 0.202 e. The second-order valence-electron chi connectivity index (χ2n) is 2.70. The molecule has 0 radical (unpaired) electrons. The van der Waals surface area contributed by atoms with Crippen LogP contribution in [0.1, 0.15) is 19.2 Å². The highest BCUT2D eigenvalue weighted by molar-refractivity contribution is 7.09. The Balaban J connectivity index is 2.41. The minimum absolute atomic E-state index is 0.200. The van der Waals surface area contributed by atoms with E-state index in [1.165, 1.54) is 11.5 Å². The third-order valence-electron chi connectivity index (χ3n) is 1.46. The van der Waals surface area contributed by atoms with Crippen LogP contribution in [0.3, 0.4) is 0 Å². The summed E-state index contributed by atoms with van der Waals surface area (Å²) in [4.78, 5) is 4.15. The van der Waals surface area contributed by atoms with Gasteiger partial charge >= 0.3 is 0 Å². The topological polar surface area (TPSA) is 58.0 Å². The predicted molar refractivity (Wildman–Crippen MR) is 49.4 cm³/mol. The fourth-order valence-corrected chi connectivity index (χ4v) is 1.52. The third kappa shape index (κ3) is 2.75. The Bertz CT molecular complexity index is 238. The molecule has 12 heavy (non-hydrogen) atoms. The highest BCUT2D eigenvalue weighted by atomic mass is 32.1. The van der Waals surface area contributed by atoms with Gasteiger partial charge in [0.2, 0.25) is 5.13 Å². The standard InChI is InChI=1S/C7H13N3OS/c1-5(3-4-11)8-7-9-6(2)10-12-7/h5,11H,3-4H2,1-2H3,(H,8,9,10). The monoisotopic (exact) mass is 187 g/mol. The zero-order valence-corrected chi connectivity index (χ0v) is 8.06. The molecule has 1 unspecified atom stereocenters. The van der Waals surface area contributed by atoms with E-state index < -0.39 is 0 Å². The molecular formula is C7H13N3OS. The fraction of sp³-hybridized carbons (Fsp3) is 0.714. The zero-order valence-electron chi connectivity index (χ0n) is 7.24. The summed E-state index contributed by atoms with van der Waals surface area (Å²) < 4.78 is 4.04. The Kier molecular flexibility index (Phi) is 3.43. The van der Waals surface area contributed by atoms with Crippen molar-refractivity contribution in [2.75, 3.05) is 11.9 Å². The lowest BCUT2D eigenvalue weighted by Crippen LogP contribution is -2.16. The van der Waals surface area contributed by atoms with Crippen molar-refractivity contribution >= 4 is 16.7 Å². The minimum atomic E-state index is 0.200. The zero-order chi connectivity index (χ0) is 8.97. The molecule has 1 aromatic heterocycles. The first-order valence-corrected chi connectivity index (χ1v) is 4.67. The van der Waals surface area contributed by atoms with E-state index in [1.54, 1.807) is 0 Å². The van der Waals surface area contributed by atoms with Crippen molar-refractivity contribution in [2.45, 2.75) is 26.3 Å². The van der Waals surface area contributed by atoms with E-state index in [0.717, 1.165) is 17.4 Å². The van der Waals surface area contributed by atoms with Gasteiger partial charge in [0.05, 0.1) is 0 Å². The molecule has 0 saturated carbocycles. The molecule has 0 fully saturated rings. The van der Waals surface area contributed by atoms with Gasteiger partial charge in [-0.05, 0) is 20.3 Å². The van der Waals surface area contributed by atoms with Gasteiger partial charge in [-0.1, -0.05) is 0 Å². The van der Waals surface area contributed by atoms with E-state index in [2.05, 4.69) is 14.7 Å². The van der Waals surface area contributed by atoms with Gasteiger partial charge in [0.25, 0.3) is 0 Å². The predicted octanol–water partition coefficient (Wildman–Crippen LogP) is 1.03. The van der Waals surface area contributed by atoms with Crippen molar-refractivity contribution in [1.82, 2.24) is 9.36 Å². The molecule has 0 aliphatic heterocycles. The third-order valence-corrected chi connectivity index (χ3v) is 2.20. The number of aryl methyl sites for hydroxylation is 1. The van der Waals surface area contributed by atoms with Crippen LogP contribution in [0.15, 0.2) is 0 Å². The first kappa shape index (κ1) is 9.41. The maximum Gasteiger partial charge on any atom is 0.202 e. The average molecular weight is 187 g/mol. The maximum atomic E-state index is 8.65. The molecule has 1 rings (SSSR count). The van der Waals surface area contributed by atoms with Crippen LogP contribution >= 0.6 is 11.5 Å². The summed E-state index contributed by atoms with van der Waals surface area (Å²) in [6.45, 7) is 4.07. The van der Waals surface area contributed by atoms with E-state index in [9.17, 15) is 0 Å². The summed E-state index contributed by atoms with van der Waals surface area (Å²) in [5.41, 5.74) is 0. The first-order valence-electron chi connectivity index (χ1n) is 3.90. The lowest BCUT2D eigenvalue weighted by atomic mass is 10.2. The van der Waals surface area contributed by atoms with Crippen molar-refractivity contribution in [3.8, 4) is 0 Å². The fourth-order valence-electron chi connectivity index (χ4n) is 0.832. The Morgan fingerprint density at radius 1 is 1.67 bits per heavy atom. The normalized spacial score (nSPS) is 12.9. The molecule has 4 nitrogen and oxygen atoms in total. The van der Waals surface area contributed by atoms with Crippen LogP contribution in [0.5, 0.6) is 0 Å². The van der Waals surface area contributed by atoms with E-state index in [1.807, 2.05) is 13.8 Å². The lowest BCUT2D eigenvalue weighted by Gasteiger charge is -2.09. The van der Waals surface area contributed by atoms with Crippen molar-refractivity contribution in [3.63, 3.8) is 0 Å². The molecule has 1 aromatic rings. The van der Waals surface area contributed by atoms with E-state index in [0.29, 0.717) is 0 Å². The van der Waals surface area contributed by atoms with E-state index >= 15 is 0 Å². The average Bonchev–Trinajstić information content (AvgIpc) is 2.36. The first-order chi connectivity index (χ1) is 5.72. The van der Waals surface area contributed by atoms with Gasteiger partial charge in [0.15, 0.2) is 0 Å². The van der Waals surface area contributed by atoms with Crippen LogP contribution in [0, 0.1) is 6.92 Å². The van der Waals surface area contributed by atoms with E-state index in [4.69, 9.17) is 5.11 Å². The second kappa shape index (κ2) is 4.37. The Hall–Kier alpha value is -0.680. The molecule has 2 N–H and O–H groups in total. The van der Waals surface area contributed by atoms with E-state index in [-0.39, 0.29) is 12.6 Å². The van der Waals surface area contributed by atoms with Crippen LogP contribution in [-0.2, 0) is 0 Å². The van der Waals surface area contributed by atoms with Crippen molar-refractivity contribution in [1.29, 1.82) is 0 Å². The Morgan fingerprint density at radius 2 is 2.42 bits per heavy atom. The number of nitrogens with zero attached hydrogens (tertiary/aromatic N) is 2. The SMILES string of the molecule is Cc1nsc(NC(C)CCO)n1. The van der Waals surface area contributed by atoms with Crippen LogP contribution < -0.4 is 5.32 Å². The number of hydrogen-bond acceptors (Lipinski definition) is 5. The molecule has 0 bridgehead atoms. The second-order valence-corrected chi connectivity index (χ2v) is 3.46. The van der Waals surface area contributed by atoms with Crippen molar-refractivity contribution in [2.24, 2.45) is 0 Å². The number of nitrogens with one attached hydrogen (secondary N) is 1. The molecule has 0 amide bonds. The molecule has 1 heterocycles. The van der Waals surface area contributed by atoms with Gasteiger partial charge in [0.1, 0.15) is 5.82 Å². The summed E-state index contributed by atoms with van der Waals surface area (Å²) in [7, 11) is 0. The summed E-state index contributed by atoms with van der Waals surface area (Å²) >= 11 is 1.35. The highest BCUT2D eigenvalue weighted by Crippen LogP contribution is 2.11. The van der Waals surface area contributed by atoms with Crippen LogP contribution in [0.25, 0.3) is 0 Å². The number of aliphatic hydroxyl groups excluding tert-OH is 1. The number of anilines is 1. The summed E-state index contributed by atoms with van der Waals surface area (Å²) in [5, 5.41) is 12.6. The van der Waals surface area contributed by atoms with Gasteiger partial charge < -0.3 is 10.4 Å². The highest BCUT2D eigenvalue weighted by Gasteiger charge is 2.04. The van der Waals surface area contributed by atoms with Crippen molar-refractivity contribution in [3.05, 3.63) is 5.82 Å². The minimum Gasteiger partial charge on any atom is -0.396 e. The maximum absolute atomic E-state index is 8.65. The van der Waals surface area contributed by atoms with Gasteiger partial charge in [-0.25, -0.2) is 4.98 Å². The van der Waals surface area contributed by atoms with Crippen molar-refractivity contribution < 1.29 is 5.11 Å². The van der Waals surface area contributed by atoms with Crippen LogP contribution in [-0.4, -0.2) is 27.1 Å². The molecule has 0 saturated heterocycles. The molecule has 0 aromatic carbocycles. The molecule has 0 aliphatic carbocycles. The Morgan fingerprint density at radius 3 is 2.92 bits per heavy atom. The number of aromatic nitrogens is 2. The number of aliphatic hydroxyl groups is 1. The van der Waals surface area contributed by atoms with Crippen LogP contribution in [0.2, 0.25) is 0 Å². The molecular weight excluding hydrogens is 174 g/mol. The largest absolute Gasteiger partial charge is 0.396 e. The lowest BCUT2D eigenvalue weighted by molar-refractivity contribution is 0.282. The van der Waals surface area contributed by atoms with Gasteiger partial charge in [-0.2, -0.15) is 4.37 Å². The molecule has 0 aliphatic rings. The number of rotatable bonds is 4. The van der Waals surface area contributed by atoms with Gasteiger partial charge in [-0.15, -0.1) is 0 Å². The molecule has 1 atom stereocenters. The van der Waals surface area contributed by atoms with Crippen LogP contribution in [0.4, 0.5) is 5.13 Å². The van der Waals surface area contributed by atoms with Gasteiger partial charge in [-0.3, -0.25) is 0 Å². The van der Waals surface area contributed by atoms with Gasteiger partial charge in [0, 0.05) is 24.2 Å². The Labute approximate surface area is 75.8 Å². The number of hydrogen-bond donors (Lipinski definition) is 2. The molecule has 5 heteroatoms. The molecule has 0 spiro atoms. The quantitative estimate of drug-likeness (QED) is 0.739. The summed E-state index contributed by atoms with van der Waals surface area (Å²) in [5.74, 6) is 0.790. The summed E-state index contributed by atoms with van der Waals surface area (Å²) in [6, 6.07) is 0.252. The molecule has 68 valence electrons. The summed E-state index contributed by atoms with van der Waals surface area (Å²) in [6.07, 6.45) is 0.735.